The van der Waals surface area contributed by atoms with E-state index in [1.807, 2.05) is 18.2 Å². The van der Waals surface area contributed by atoms with Gasteiger partial charge in [-0.3, -0.25) is 9.59 Å². The summed E-state index contributed by atoms with van der Waals surface area (Å²) in [7, 11) is 0. The Bertz CT molecular complexity index is 591. The lowest BCUT2D eigenvalue weighted by molar-refractivity contribution is -0.140. The molecule has 26 heavy (non-hydrogen) atoms. The van der Waals surface area contributed by atoms with E-state index < -0.39 is 0 Å². The van der Waals surface area contributed by atoms with Gasteiger partial charge in [0.1, 0.15) is 5.76 Å². The zero-order valence-electron chi connectivity index (χ0n) is 16.3. The summed E-state index contributed by atoms with van der Waals surface area (Å²) in [5.74, 6) is 0.129. The van der Waals surface area contributed by atoms with Crippen LogP contribution in [0.15, 0.2) is 35.6 Å². The first-order valence-corrected chi connectivity index (χ1v) is 9.64. The van der Waals surface area contributed by atoms with Crippen LogP contribution in [0.4, 0.5) is 0 Å². The Kier molecular flexibility index (Phi) is 7.64. The minimum absolute atomic E-state index is 0.0913. The number of carbonyl (C=O) groups is 2. The Hall–Kier alpha value is -1.88. The van der Waals surface area contributed by atoms with Gasteiger partial charge < -0.3 is 15.0 Å². The van der Waals surface area contributed by atoms with Crippen molar-refractivity contribution in [2.75, 3.05) is 26.2 Å². The van der Waals surface area contributed by atoms with Crippen LogP contribution in [-0.4, -0.2) is 43.0 Å². The Balaban J connectivity index is 1.77. The van der Waals surface area contributed by atoms with E-state index in [1.165, 1.54) is 12.8 Å². The Morgan fingerprint density at radius 1 is 1.12 bits per heavy atom. The highest BCUT2D eigenvalue weighted by Gasteiger charge is 2.22. The molecule has 0 aromatic carbocycles. The van der Waals surface area contributed by atoms with Gasteiger partial charge in [0.25, 0.3) is 0 Å². The second kappa shape index (κ2) is 9.72. The number of amides is 1. The predicted molar refractivity (Wildman–Crippen MR) is 103 cm³/mol. The second-order valence-electron chi connectivity index (χ2n) is 7.94. The number of carbonyl (C=O) groups excluding carboxylic acids is 2. The molecule has 0 spiro atoms. The lowest BCUT2D eigenvalue weighted by Gasteiger charge is -2.22. The molecule has 1 heterocycles. The fraction of sp³-hybridized carbons (Fsp3) is 0.619. The fourth-order valence-electron chi connectivity index (χ4n) is 3.16. The molecule has 0 bridgehead atoms. The summed E-state index contributed by atoms with van der Waals surface area (Å²) >= 11 is 0. The zero-order chi connectivity index (χ0) is 19.0. The maximum Gasteiger partial charge on any atom is 0.311 e. The normalized spacial score (nSPS) is 18.1. The first-order chi connectivity index (χ1) is 12.4. The SMILES string of the molecule is CC(C)(C)C1=C(OC(=O)CCC(=O)NCCN2CCCC2)C=CCC=C1. The number of hydrogen-bond acceptors (Lipinski definition) is 4. The summed E-state index contributed by atoms with van der Waals surface area (Å²) < 4.78 is 5.56. The van der Waals surface area contributed by atoms with Crippen molar-refractivity contribution < 1.29 is 14.3 Å². The molecule has 1 N–H and O–H groups in total. The van der Waals surface area contributed by atoms with E-state index in [0.717, 1.165) is 31.6 Å². The molecule has 0 aromatic heterocycles. The number of esters is 1. The summed E-state index contributed by atoms with van der Waals surface area (Å²) in [6, 6.07) is 0. The van der Waals surface area contributed by atoms with Crippen molar-refractivity contribution in [3.05, 3.63) is 35.6 Å². The Labute approximate surface area is 157 Å². The highest BCUT2D eigenvalue weighted by molar-refractivity contribution is 5.81. The topological polar surface area (TPSA) is 58.6 Å². The summed E-state index contributed by atoms with van der Waals surface area (Å²) in [4.78, 5) is 26.4. The smallest absolute Gasteiger partial charge is 0.311 e. The van der Waals surface area contributed by atoms with E-state index in [4.69, 9.17) is 4.74 Å². The van der Waals surface area contributed by atoms with E-state index in [1.54, 1.807) is 0 Å². The van der Waals surface area contributed by atoms with Crippen LogP contribution in [0.2, 0.25) is 0 Å². The summed E-state index contributed by atoms with van der Waals surface area (Å²) in [5.41, 5.74) is 0.878. The first-order valence-electron chi connectivity index (χ1n) is 9.64. The third-order valence-corrected chi connectivity index (χ3v) is 4.63. The van der Waals surface area contributed by atoms with E-state index in [2.05, 4.69) is 37.1 Å². The van der Waals surface area contributed by atoms with Gasteiger partial charge >= 0.3 is 5.97 Å². The molecule has 1 amide bonds. The second-order valence-corrected chi connectivity index (χ2v) is 7.94. The minimum Gasteiger partial charge on any atom is -0.426 e. The third kappa shape index (κ3) is 6.79. The fourth-order valence-corrected chi connectivity index (χ4v) is 3.16. The lowest BCUT2D eigenvalue weighted by atomic mass is 9.85. The van der Waals surface area contributed by atoms with Gasteiger partial charge in [-0.2, -0.15) is 0 Å². The van der Waals surface area contributed by atoms with Gasteiger partial charge in [0.2, 0.25) is 5.91 Å². The van der Waals surface area contributed by atoms with E-state index in [-0.39, 0.29) is 30.1 Å². The lowest BCUT2D eigenvalue weighted by Crippen LogP contribution is -2.33. The number of hydrogen-bond donors (Lipinski definition) is 1. The Morgan fingerprint density at radius 3 is 2.50 bits per heavy atom. The molecule has 1 fully saturated rings. The van der Waals surface area contributed by atoms with Crippen molar-refractivity contribution in [2.45, 2.75) is 52.9 Å². The van der Waals surface area contributed by atoms with Crippen molar-refractivity contribution in [2.24, 2.45) is 5.41 Å². The highest BCUT2D eigenvalue weighted by atomic mass is 16.5. The quantitative estimate of drug-likeness (QED) is 0.708. The number of rotatable bonds is 7. The van der Waals surface area contributed by atoms with Gasteiger partial charge in [-0.15, -0.1) is 0 Å². The molecule has 0 saturated carbocycles. The van der Waals surface area contributed by atoms with Crippen LogP contribution >= 0.6 is 0 Å². The molecule has 1 saturated heterocycles. The van der Waals surface area contributed by atoms with Crippen LogP contribution in [0.25, 0.3) is 0 Å². The average molecular weight is 360 g/mol. The Morgan fingerprint density at radius 2 is 1.81 bits per heavy atom. The monoisotopic (exact) mass is 360 g/mol. The number of allylic oxidation sites excluding steroid dienone is 5. The minimum atomic E-state index is -0.364. The van der Waals surface area contributed by atoms with Crippen LogP contribution in [0.1, 0.15) is 52.9 Å². The maximum absolute atomic E-state index is 12.2. The largest absolute Gasteiger partial charge is 0.426 e. The number of nitrogens with one attached hydrogen (secondary N) is 1. The first kappa shape index (κ1) is 20.4. The van der Waals surface area contributed by atoms with Gasteiger partial charge in [0, 0.05) is 19.5 Å². The van der Waals surface area contributed by atoms with Crippen molar-refractivity contribution in [1.82, 2.24) is 10.2 Å². The van der Waals surface area contributed by atoms with Crippen LogP contribution in [-0.2, 0) is 14.3 Å². The van der Waals surface area contributed by atoms with E-state index in [0.29, 0.717) is 12.3 Å². The molecule has 0 aromatic rings. The van der Waals surface area contributed by atoms with Crippen LogP contribution in [0.5, 0.6) is 0 Å². The standard InChI is InChI=1S/C21H32N2O3/c1-21(2,3)17-9-5-4-6-10-18(17)26-20(25)12-11-19(24)22-13-16-23-14-7-8-15-23/h5-6,9-10H,4,7-8,11-16H2,1-3H3,(H,22,24). The van der Waals surface area contributed by atoms with E-state index >= 15 is 0 Å². The molecule has 1 aliphatic carbocycles. The molecule has 5 nitrogen and oxygen atoms in total. The molecular formula is C21H32N2O3. The molecule has 0 atom stereocenters. The predicted octanol–water partition coefficient (Wildman–Crippen LogP) is 3.34. The van der Waals surface area contributed by atoms with Crippen molar-refractivity contribution >= 4 is 11.9 Å². The highest BCUT2D eigenvalue weighted by Crippen LogP contribution is 2.31. The van der Waals surface area contributed by atoms with E-state index in [9.17, 15) is 9.59 Å². The summed E-state index contributed by atoms with van der Waals surface area (Å²) in [5, 5.41) is 2.89. The molecule has 2 aliphatic rings. The molecule has 5 heteroatoms. The van der Waals surface area contributed by atoms with Crippen molar-refractivity contribution in [3.63, 3.8) is 0 Å². The maximum atomic E-state index is 12.2. The molecule has 0 radical (unpaired) electrons. The molecule has 1 aliphatic heterocycles. The van der Waals surface area contributed by atoms with Crippen LogP contribution < -0.4 is 5.32 Å². The number of nitrogens with zero attached hydrogens (tertiary/aromatic N) is 1. The summed E-state index contributed by atoms with van der Waals surface area (Å²) in [6.07, 6.45) is 11.5. The van der Waals surface area contributed by atoms with Crippen LogP contribution in [0.3, 0.4) is 0 Å². The van der Waals surface area contributed by atoms with Gasteiger partial charge in [0.05, 0.1) is 6.42 Å². The molecule has 2 rings (SSSR count). The average Bonchev–Trinajstić information content (AvgIpc) is 2.96. The van der Waals surface area contributed by atoms with Crippen molar-refractivity contribution in [1.29, 1.82) is 0 Å². The number of likely N-dealkylation sites (tertiary alicyclic amines) is 1. The van der Waals surface area contributed by atoms with Crippen molar-refractivity contribution in [3.8, 4) is 0 Å². The van der Waals surface area contributed by atoms with Gasteiger partial charge in [-0.25, -0.2) is 0 Å². The molecule has 0 unspecified atom stereocenters. The third-order valence-electron chi connectivity index (χ3n) is 4.63. The van der Waals surface area contributed by atoms with Crippen LogP contribution in [0, 0.1) is 5.41 Å². The zero-order valence-corrected chi connectivity index (χ0v) is 16.3. The van der Waals surface area contributed by atoms with Gasteiger partial charge in [-0.1, -0.05) is 39.0 Å². The number of ether oxygens (including phenoxy) is 1. The van der Waals surface area contributed by atoms with Gasteiger partial charge in [-0.05, 0) is 49.4 Å². The van der Waals surface area contributed by atoms with Gasteiger partial charge in [0.15, 0.2) is 0 Å². The molecule has 144 valence electrons. The molecular weight excluding hydrogens is 328 g/mol. The summed E-state index contributed by atoms with van der Waals surface area (Å²) in [6.45, 7) is 10.0.